The molecule has 0 aliphatic carbocycles. The van der Waals surface area contributed by atoms with Crippen LogP contribution in [0.3, 0.4) is 0 Å². The molecule has 4 heteroatoms. The molecule has 60 valence electrons. The Kier molecular flexibility index (Phi) is 2.28. The Bertz CT molecular complexity index is 242. The standard InChI is InChI=1S/C7H12N4/c1-5-6(3-2-4-8)7(9)11-10-5/h2-3H,4,8H2,1H3,(H3,9,10,11). The average Bonchev–Trinajstić information content (AvgIpc) is 2.29. The lowest BCUT2D eigenvalue weighted by atomic mass is 10.2. The van der Waals surface area contributed by atoms with Gasteiger partial charge in [0, 0.05) is 17.8 Å². The van der Waals surface area contributed by atoms with Gasteiger partial charge in [-0.25, -0.2) is 0 Å². The maximum Gasteiger partial charge on any atom is 0.152 e. The van der Waals surface area contributed by atoms with E-state index in [1.54, 1.807) is 0 Å². The SMILES string of the molecule is Cc1[nH]nc(N)c1C=CCN. The monoisotopic (exact) mass is 152 g/mol. The van der Waals surface area contributed by atoms with Gasteiger partial charge in [0.05, 0.1) is 0 Å². The van der Waals surface area contributed by atoms with Crippen molar-refractivity contribution < 1.29 is 0 Å². The van der Waals surface area contributed by atoms with Crippen molar-refractivity contribution in [2.45, 2.75) is 6.92 Å². The zero-order valence-corrected chi connectivity index (χ0v) is 6.46. The molecule has 0 fully saturated rings. The number of H-pyrrole nitrogens is 1. The summed E-state index contributed by atoms with van der Waals surface area (Å²) in [5.74, 6) is 0.521. The minimum atomic E-state index is 0.518. The largest absolute Gasteiger partial charge is 0.382 e. The third kappa shape index (κ3) is 1.59. The zero-order valence-electron chi connectivity index (χ0n) is 6.46. The van der Waals surface area contributed by atoms with Crippen LogP contribution in [-0.4, -0.2) is 16.7 Å². The molecule has 1 heterocycles. The molecule has 0 aromatic carbocycles. The van der Waals surface area contributed by atoms with Crippen LogP contribution in [0.15, 0.2) is 6.08 Å². The average molecular weight is 152 g/mol. The molecule has 0 saturated heterocycles. The first-order valence-electron chi connectivity index (χ1n) is 3.42. The fourth-order valence-corrected chi connectivity index (χ4v) is 0.853. The molecule has 0 aliphatic rings. The number of aromatic amines is 1. The molecule has 0 bridgehead atoms. The number of hydrogen-bond donors (Lipinski definition) is 3. The van der Waals surface area contributed by atoms with Gasteiger partial charge in [-0.1, -0.05) is 12.2 Å². The van der Waals surface area contributed by atoms with E-state index in [1.165, 1.54) is 0 Å². The second-order valence-corrected chi connectivity index (χ2v) is 2.29. The number of aryl methyl sites for hydroxylation is 1. The van der Waals surface area contributed by atoms with Crippen LogP contribution in [0.5, 0.6) is 0 Å². The highest BCUT2D eigenvalue weighted by molar-refractivity contribution is 5.63. The van der Waals surface area contributed by atoms with Crippen LogP contribution >= 0.6 is 0 Å². The Morgan fingerprint density at radius 1 is 1.64 bits per heavy atom. The van der Waals surface area contributed by atoms with Crippen molar-refractivity contribution in [3.63, 3.8) is 0 Å². The maximum atomic E-state index is 5.55. The van der Waals surface area contributed by atoms with Crippen molar-refractivity contribution in [3.8, 4) is 0 Å². The Balaban J connectivity index is 2.92. The third-order valence-corrected chi connectivity index (χ3v) is 1.44. The van der Waals surface area contributed by atoms with Gasteiger partial charge < -0.3 is 11.5 Å². The van der Waals surface area contributed by atoms with E-state index in [0.717, 1.165) is 11.3 Å². The predicted molar refractivity (Wildman–Crippen MR) is 45.8 cm³/mol. The first-order chi connectivity index (χ1) is 5.25. The number of nitrogens with two attached hydrogens (primary N) is 2. The minimum Gasteiger partial charge on any atom is -0.382 e. The van der Waals surface area contributed by atoms with Gasteiger partial charge in [0.2, 0.25) is 0 Å². The molecule has 0 atom stereocenters. The molecule has 1 aromatic heterocycles. The molecular formula is C7H12N4. The molecule has 0 unspecified atom stereocenters. The summed E-state index contributed by atoms with van der Waals surface area (Å²) >= 11 is 0. The normalized spacial score (nSPS) is 11.1. The fraction of sp³-hybridized carbons (Fsp3) is 0.286. The lowest BCUT2D eigenvalue weighted by molar-refractivity contribution is 1.05. The van der Waals surface area contributed by atoms with Gasteiger partial charge in [-0.15, -0.1) is 0 Å². The van der Waals surface area contributed by atoms with Crippen molar-refractivity contribution in [3.05, 3.63) is 17.3 Å². The summed E-state index contributed by atoms with van der Waals surface area (Å²) in [6.45, 7) is 2.43. The number of nitrogens with zero attached hydrogens (tertiary/aromatic N) is 1. The summed E-state index contributed by atoms with van der Waals surface area (Å²) in [6.07, 6.45) is 3.71. The Morgan fingerprint density at radius 2 is 2.36 bits per heavy atom. The van der Waals surface area contributed by atoms with Crippen LogP contribution in [0, 0.1) is 6.92 Å². The highest BCUT2D eigenvalue weighted by Crippen LogP contribution is 2.13. The summed E-state index contributed by atoms with van der Waals surface area (Å²) in [6, 6.07) is 0. The Morgan fingerprint density at radius 3 is 2.82 bits per heavy atom. The Hall–Kier alpha value is -1.29. The van der Waals surface area contributed by atoms with Crippen LogP contribution in [0.25, 0.3) is 6.08 Å². The first kappa shape index (κ1) is 7.81. The number of aromatic nitrogens is 2. The van der Waals surface area contributed by atoms with E-state index in [1.807, 2.05) is 19.1 Å². The first-order valence-corrected chi connectivity index (χ1v) is 3.42. The quantitative estimate of drug-likeness (QED) is 0.569. The molecular weight excluding hydrogens is 140 g/mol. The lowest BCUT2D eigenvalue weighted by Crippen LogP contribution is -1.93. The molecule has 0 saturated carbocycles. The molecule has 0 amide bonds. The zero-order chi connectivity index (χ0) is 8.27. The second-order valence-electron chi connectivity index (χ2n) is 2.29. The van der Waals surface area contributed by atoms with Crippen molar-refractivity contribution in [1.29, 1.82) is 0 Å². The van der Waals surface area contributed by atoms with Crippen LogP contribution in [0.4, 0.5) is 5.82 Å². The molecule has 0 aliphatic heterocycles. The topological polar surface area (TPSA) is 80.7 Å². The van der Waals surface area contributed by atoms with Crippen molar-refractivity contribution >= 4 is 11.9 Å². The summed E-state index contributed by atoms with van der Waals surface area (Å²) < 4.78 is 0. The van der Waals surface area contributed by atoms with E-state index >= 15 is 0 Å². The Labute approximate surface area is 65.3 Å². The number of rotatable bonds is 2. The van der Waals surface area contributed by atoms with E-state index in [0.29, 0.717) is 12.4 Å². The fourth-order valence-electron chi connectivity index (χ4n) is 0.853. The molecule has 0 spiro atoms. The van der Waals surface area contributed by atoms with Crippen LogP contribution in [-0.2, 0) is 0 Å². The van der Waals surface area contributed by atoms with E-state index in [2.05, 4.69) is 10.2 Å². The molecule has 11 heavy (non-hydrogen) atoms. The molecule has 5 N–H and O–H groups in total. The number of nitrogens with one attached hydrogen (secondary N) is 1. The summed E-state index contributed by atoms with van der Waals surface area (Å²) in [5.41, 5.74) is 12.7. The number of anilines is 1. The molecule has 4 nitrogen and oxygen atoms in total. The molecule has 1 aromatic rings. The van der Waals surface area contributed by atoms with Crippen molar-refractivity contribution in [2.75, 3.05) is 12.3 Å². The molecule has 1 rings (SSSR count). The summed E-state index contributed by atoms with van der Waals surface area (Å²) in [4.78, 5) is 0. The third-order valence-electron chi connectivity index (χ3n) is 1.44. The van der Waals surface area contributed by atoms with E-state index in [-0.39, 0.29) is 0 Å². The van der Waals surface area contributed by atoms with Crippen molar-refractivity contribution in [2.24, 2.45) is 5.73 Å². The van der Waals surface area contributed by atoms with Crippen LogP contribution < -0.4 is 11.5 Å². The maximum absolute atomic E-state index is 5.55. The number of hydrogen-bond acceptors (Lipinski definition) is 3. The van der Waals surface area contributed by atoms with Gasteiger partial charge in [-0.3, -0.25) is 5.10 Å². The number of nitrogen functional groups attached to an aromatic ring is 1. The smallest absolute Gasteiger partial charge is 0.152 e. The molecule has 0 radical (unpaired) electrons. The highest BCUT2D eigenvalue weighted by atomic mass is 15.2. The van der Waals surface area contributed by atoms with E-state index < -0.39 is 0 Å². The summed E-state index contributed by atoms with van der Waals surface area (Å²) in [7, 11) is 0. The van der Waals surface area contributed by atoms with Gasteiger partial charge >= 0.3 is 0 Å². The van der Waals surface area contributed by atoms with E-state index in [9.17, 15) is 0 Å². The van der Waals surface area contributed by atoms with E-state index in [4.69, 9.17) is 11.5 Å². The summed E-state index contributed by atoms with van der Waals surface area (Å²) in [5, 5.41) is 6.61. The van der Waals surface area contributed by atoms with Crippen LogP contribution in [0.1, 0.15) is 11.3 Å². The predicted octanol–water partition coefficient (Wildman–Crippen LogP) is 0.272. The van der Waals surface area contributed by atoms with Crippen molar-refractivity contribution in [1.82, 2.24) is 10.2 Å². The highest BCUT2D eigenvalue weighted by Gasteiger charge is 2.01. The minimum absolute atomic E-state index is 0.518. The van der Waals surface area contributed by atoms with Gasteiger partial charge in [0.15, 0.2) is 5.82 Å². The second kappa shape index (κ2) is 3.21. The van der Waals surface area contributed by atoms with Crippen LogP contribution in [0.2, 0.25) is 0 Å². The van der Waals surface area contributed by atoms with Gasteiger partial charge in [0.25, 0.3) is 0 Å². The van der Waals surface area contributed by atoms with Gasteiger partial charge in [-0.05, 0) is 6.92 Å². The van der Waals surface area contributed by atoms with Gasteiger partial charge in [-0.2, -0.15) is 5.10 Å². The van der Waals surface area contributed by atoms with Gasteiger partial charge in [0.1, 0.15) is 0 Å². The lowest BCUT2D eigenvalue weighted by Gasteiger charge is -1.89.